The third kappa shape index (κ3) is 11.8. The second-order valence-corrected chi connectivity index (χ2v) is 26.1. The number of aromatic nitrogens is 9. The highest BCUT2D eigenvalue weighted by atomic mass is 14.8. The number of para-hydroxylation sites is 2. The quantitative estimate of drug-likeness (QED) is 0.123. The van der Waals surface area contributed by atoms with Gasteiger partial charge < -0.3 is 0 Å². The van der Waals surface area contributed by atoms with E-state index < -0.39 is 0 Å². The first-order chi connectivity index (χ1) is 51.4. The van der Waals surface area contributed by atoms with Crippen LogP contribution < -0.4 is 0 Å². The van der Waals surface area contributed by atoms with E-state index in [-0.39, 0.29) is 0 Å². The largest absolute Gasteiger partial charge is 0.265 e. The van der Waals surface area contributed by atoms with Gasteiger partial charge in [0.25, 0.3) is 0 Å². The minimum absolute atomic E-state index is 0.912. The number of rotatable bonds is 10. The number of hydrogen-bond donors (Lipinski definition) is 0. The fourth-order valence-electron chi connectivity index (χ4n) is 14.4. The lowest BCUT2D eigenvalue weighted by Gasteiger charge is -2.10. The van der Waals surface area contributed by atoms with Gasteiger partial charge in [-0.15, -0.1) is 0 Å². The van der Waals surface area contributed by atoms with Crippen molar-refractivity contribution in [2.75, 3.05) is 0 Å². The zero-order chi connectivity index (χ0) is 68.9. The summed E-state index contributed by atoms with van der Waals surface area (Å²) in [4.78, 5) is 43.4. The average molecular weight is 1330 g/mol. The van der Waals surface area contributed by atoms with Crippen molar-refractivity contribution in [1.82, 2.24) is 44.9 Å². The second kappa shape index (κ2) is 26.2. The highest BCUT2D eigenvalue weighted by molar-refractivity contribution is 6.04. The van der Waals surface area contributed by atoms with Crippen molar-refractivity contribution in [2.24, 2.45) is 0 Å². The van der Waals surface area contributed by atoms with Crippen LogP contribution in [0.4, 0.5) is 0 Å². The standard InChI is InChI=1S/C48H30N4.C47H29N5/c1-9-35(41-15-3-7-31-13-5-25-49-47(31)41)29-37(11-1)43-23-19-39-27-33(17-21-45(39)51-43)34-18-22-46-40(28-34)20-24-44(52-46)38-12-2-10-36(30-38)42-16-4-8-32-14-6-26-50-48(32)42;1-4-33(30-21-24-48-25-22-30)26-36(5-1)41-19-14-39-27-34(12-17-43(39)50-41)35-13-18-44-40(28-35)15-20-42(51-44)37-6-2-7-38(29-37)45-16-11-32-10-9-31-8-3-23-49-46(31)47(32)52-45/h1-30H;1-29H. The molecule has 0 radical (unpaired) electrons. The molecule has 484 valence electrons. The van der Waals surface area contributed by atoms with Gasteiger partial charge in [0.1, 0.15) is 0 Å². The zero-order valence-electron chi connectivity index (χ0n) is 56.1. The normalized spacial score (nSPS) is 11.5. The van der Waals surface area contributed by atoms with Gasteiger partial charge in [0.15, 0.2) is 0 Å². The predicted octanol–water partition coefficient (Wildman–Crippen LogP) is 23.8. The molecule has 0 aliphatic carbocycles. The molecule has 20 aromatic rings. The van der Waals surface area contributed by atoms with Gasteiger partial charge in [0, 0.05) is 113 Å². The summed E-state index contributed by atoms with van der Waals surface area (Å²) in [6.45, 7) is 0. The maximum atomic E-state index is 5.08. The van der Waals surface area contributed by atoms with Crippen LogP contribution in [0.3, 0.4) is 0 Å². The van der Waals surface area contributed by atoms with Crippen LogP contribution in [0.5, 0.6) is 0 Å². The van der Waals surface area contributed by atoms with Gasteiger partial charge in [-0.25, -0.2) is 24.9 Å². The molecule has 0 spiro atoms. The van der Waals surface area contributed by atoms with Crippen LogP contribution >= 0.6 is 0 Å². The van der Waals surface area contributed by atoms with Crippen LogP contribution in [-0.4, -0.2) is 44.9 Å². The van der Waals surface area contributed by atoms with Gasteiger partial charge in [-0.3, -0.25) is 19.9 Å². The first kappa shape index (κ1) is 61.0. The molecule has 9 aromatic heterocycles. The molecule has 9 heteroatoms. The summed E-state index contributed by atoms with van der Waals surface area (Å²) in [6, 6.07) is 114. The highest BCUT2D eigenvalue weighted by Gasteiger charge is 2.15. The van der Waals surface area contributed by atoms with Crippen LogP contribution in [-0.2, 0) is 0 Å². The monoisotopic (exact) mass is 1330 g/mol. The maximum absolute atomic E-state index is 5.08. The van der Waals surface area contributed by atoms with E-state index in [1.54, 1.807) is 0 Å². The molecule has 0 amide bonds. The van der Waals surface area contributed by atoms with E-state index in [4.69, 9.17) is 24.9 Å². The van der Waals surface area contributed by atoms with Crippen molar-refractivity contribution in [2.45, 2.75) is 0 Å². The molecular formula is C95H59N9. The Kier molecular flexibility index (Phi) is 15.3. The van der Waals surface area contributed by atoms with Gasteiger partial charge in [0.05, 0.1) is 72.6 Å². The average Bonchev–Trinajstić information content (AvgIpc) is 0.788. The lowest BCUT2D eigenvalue weighted by atomic mass is 9.98. The summed E-state index contributed by atoms with van der Waals surface area (Å²) in [5.74, 6) is 0. The first-order valence-electron chi connectivity index (χ1n) is 34.7. The van der Waals surface area contributed by atoms with Crippen molar-refractivity contribution in [3.63, 3.8) is 0 Å². The van der Waals surface area contributed by atoms with Crippen molar-refractivity contribution in [1.29, 1.82) is 0 Å². The van der Waals surface area contributed by atoms with Crippen molar-refractivity contribution < 1.29 is 0 Å². The molecule has 0 bridgehead atoms. The highest BCUT2D eigenvalue weighted by Crippen LogP contribution is 2.38. The summed E-state index contributed by atoms with van der Waals surface area (Å²) >= 11 is 0. The number of nitrogens with zero attached hydrogens (tertiary/aromatic N) is 9. The molecule has 0 N–H and O–H groups in total. The van der Waals surface area contributed by atoms with Crippen LogP contribution in [0, 0.1) is 0 Å². The van der Waals surface area contributed by atoms with E-state index in [1.807, 2.05) is 61.3 Å². The SMILES string of the molecule is c1cc(-c2ccc3cc(-c4ccc5nc(-c6cccc(-c7cccc8cccnc78)c6)ccc5c4)ccc3n2)cc(-c2cccc3cccnc23)c1.c1cc(-c2ccncc2)cc(-c2ccc3cc(-c4ccc5nc(-c6cccc(-c7ccc8ccc9cccnc9c8n7)c6)ccc5c4)ccc3n2)c1. The van der Waals surface area contributed by atoms with Crippen LogP contribution in [0.25, 0.3) is 199 Å². The summed E-state index contributed by atoms with van der Waals surface area (Å²) in [7, 11) is 0. The van der Waals surface area contributed by atoms with Gasteiger partial charge in [-0.2, -0.15) is 0 Å². The Morgan fingerprint density at radius 1 is 0.154 bits per heavy atom. The zero-order valence-corrected chi connectivity index (χ0v) is 56.1. The Hall–Kier alpha value is -14.2. The summed E-state index contributed by atoms with van der Waals surface area (Å²) in [6.07, 6.45) is 9.17. The third-order valence-corrected chi connectivity index (χ3v) is 19.7. The van der Waals surface area contributed by atoms with E-state index >= 15 is 0 Å². The van der Waals surface area contributed by atoms with Crippen molar-refractivity contribution in [3.8, 4) is 112 Å². The molecule has 0 fully saturated rings. The molecule has 0 aliphatic heterocycles. The number of benzene rings is 11. The molecule has 0 atom stereocenters. The molecule has 20 rings (SSSR count). The Morgan fingerprint density at radius 2 is 0.442 bits per heavy atom. The lowest BCUT2D eigenvalue weighted by molar-refractivity contribution is 1.33. The van der Waals surface area contributed by atoms with Crippen LogP contribution in [0.2, 0.25) is 0 Å². The van der Waals surface area contributed by atoms with Gasteiger partial charge >= 0.3 is 0 Å². The van der Waals surface area contributed by atoms with E-state index in [0.29, 0.717) is 0 Å². The molecule has 104 heavy (non-hydrogen) atoms. The van der Waals surface area contributed by atoms with E-state index in [2.05, 4.69) is 317 Å². The van der Waals surface area contributed by atoms with Crippen LogP contribution in [0.1, 0.15) is 0 Å². The smallest absolute Gasteiger partial charge is 0.0972 e. The number of hydrogen-bond acceptors (Lipinski definition) is 9. The van der Waals surface area contributed by atoms with Gasteiger partial charge in [0.2, 0.25) is 0 Å². The summed E-state index contributed by atoms with van der Waals surface area (Å²) in [5.41, 5.74) is 29.1. The molecule has 0 saturated heterocycles. The Labute approximate surface area is 598 Å². The topological polar surface area (TPSA) is 116 Å². The molecular weight excluding hydrogens is 1270 g/mol. The molecule has 9 heterocycles. The lowest BCUT2D eigenvalue weighted by Crippen LogP contribution is -1.90. The van der Waals surface area contributed by atoms with Gasteiger partial charge in [-0.1, -0.05) is 194 Å². The Bertz CT molecular complexity index is 6560. The van der Waals surface area contributed by atoms with E-state index in [0.717, 1.165) is 199 Å². The summed E-state index contributed by atoms with van der Waals surface area (Å²) in [5, 5.41) is 8.83. The molecule has 0 saturated carbocycles. The Morgan fingerprint density at radius 3 is 0.856 bits per heavy atom. The summed E-state index contributed by atoms with van der Waals surface area (Å²) < 4.78 is 0. The van der Waals surface area contributed by atoms with E-state index in [1.165, 1.54) is 0 Å². The molecule has 11 aromatic carbocycles. The molecule has 0 unspecified atom stereocenters. The second-order valence-electron chi connectivity index (χ2n) is 26.1. The maximum Gasteiger partial charge on any atom is 0.0972 e. The van der Waals surface area contributed by atoms with Crippen molar-refractivity contribution in [3.05, 3.63) is 359 Å². The van der Waals surface area contributed by atoms with Crippen molar-refractivity contribution >= 4 is 87.2 Å². The molecule has 9 nitrogen and oxygen atoms in total. The van der Waals surface area contributed by atoms with E-state index in [9.17, 15) is 0 Å². The first-order valence-corrected chi connectivity index (χ1v) is 34.7. The minimum Gasteiger partial charge on any atom is -0.265 e. The predicted molar refractivity (Wildman–Crippen MR) is 427 cm³/mol. The third-order valence-electron chi connectivity index (χ3n) is 19.7. The number of pyridine rings is 9. The number of fused-ring (bicyclic) bond motifs is 9. The Balaban J connectivity index is 0.000000143. The van der Waals surface area contributed by atoms with Gasteiger partial charge in [-0.05, 0) is 178 Å². The molecule has 0 aliphatic rings. The van der Waals surface area contributed by atoms with Crippen LogP contribution in [0.15, 0.2) is 359 Å². The fourth-order valence-corrected chi connectivity index (χ4v) is 14.4. The fraction of sp³-hybridized carbons (Fsp3) is 0. The minimum atomic E-state index is 0.912.